The normalized spacial score (nSPS) is 10.1. The predicted molar refractivity (Wildman–Crippen MR) is 57.7 cm³/mol. The largest absolute Gasteiger partial charge is 0.437 e. The first-order chi connectivity index (χ1) is 7.65. The summed E-state index contributed by atoms with van der Waals surface area (Å²) in [5.74, 6) is 0.890. The van der Waals surface area contributed by atoms with Crippen LogP contribution in [0.2, 0.25) is 0 Å². The monoisotopic (exact) mass is 219 g/mol. The van der Waals surface area contributed by atoms with Gasteiger partial charge in [-0.3, -0.25) is 0 Å². The average Bonchev–Trinajstić information content (AvgIpc) is 2.25. The maximum Gasteiger partial charge on any atom is 0.237 e. The first-order valence-corrected chi connectivity index (χ1v) is 4.66. The third kappa shape index (κ3) is 2.25. The van der Waals surface area contributed by atoms with Crippen molar-refractivity contribution in [2.24, 2.45) is 0 Å². The molecule has 1 aromatic carbocycles. The Balaban J connectivity index is 2.23. The van der Waals surface area contributed by atoms with Gasteiger partial charge < -0.3 is 10.5 Å². The van der Waals surface area contributed by atoms with Gasteiger partial charge in [0.05, 0.1) is 12.4 Å². The third-order valence-electron chi connectivity index (χ3n) is 2.00. The van der Waals surface area contributed by atoms with Crippen LogP contribution in [0.4, 0.5) is 10.2 Å². The van der Waals surface area contributed by atoms with Crippen LogP contribution in [0.15, 0.2) is 30.6 Å². The number of aryl methyl sites for hydroxylation is 1. The van der Waals surface area contributed by atoms with Crippen molar-refractivity contribution in [3.8, 4) is 11.6 Å². The third-order valence-corrected chi connectivity index (χ3v) is 2.00. The SMILES string of the molecule is Cc1cc(F)ccc1Oc1cnc(N)cn1. The maximum absolute atomic E-state index is 12.8. The van der Waals surface area contributed by atoms with Gasteiger partial charge in [0.2, 0.25) is 5.88 Å². The molecule has 2 rings (SSSR count). The highest BCUT2D eigenvalue weighted by molar-refractivity contribution is 5.35. The molecular formula is C11H10FN3O. The van der Waals surface area contributed by atoms with Crippen LogP contribution in [0.25, 0.3) is 0 Å². The number of anilines is 1. The van der Waals surface area contributed by atoms with E-state index in [2.05, 4.69) is 9.97 Å². The molecule has 2 N–H and O–H groups in total. The van der Waals surface area contributed by atoms with E-state index in [-0.39, 0.29) is 5.82 Å². The standard InChI is InChI=1S/C11H10FN3O/c1-7-4-8(12)2-3-9(7)16-11-6-14-10(13)5-15-11/h2-6H,1H3,(H2,13,14). The van der Waals surface area contributed by atoms with E-state index in [0.717, 1.165) is 0 Å². The predicted octanol–water partition coefficient (Wildman–Crippen LogP) is 2.30. The first kappa shape index (κ1) is 10.4. The summed E-state index contributed by atoms with van der Waals surface area (Å²) in [4.78, 5) is 7.77. The molecule has 82 valence electrons. The van der Waals surface area contributed by atoms with Gasteiger partial charge in [0.15, 0.2) is 0 Å². The zero-order valence-corrected chi connectivity index (χ0v) is 8.64. The highest BCUT2D eigenvalue weighted by atomic mass is 19.1. The van der Waals surface area contributed by atoms with Crippen LogP contribution in [-0.2, 0) is 0 Å². The second kappa shape index (κ2) is 4.14. The summed E-state index contributed by atoms with van der Waals surface area (Å²) < 4.78 is 18.3. The fourth-order valence-electron chi connectivity index (χ4n) is 1.22. The lowest BCUT2D eigenvalue weighted by Gasteiger charge is -2.07. The molecule has 0 saturated heterocycles. The van der Waals surface area contributed by atoms with Crippen LogP contribution < -0.4 is 10.5 Å². The Labute approximate surface area is 91.9 Å². The summed E-state index contributed by atoms with van der Waals surface area (Å²) >= 11 is 0. The van der Waals surface area contributed by atoms with E-state index in [1.165, 1.54) is 24.5 Å². The summed E-state index contributed by atoms with van der Waals surface area (Å²) in [5, 5.41) is 0. The molecule has 0 saturated carbocycles. The molecule has 16 heavy (non-hydrogen) atoms. The average molecular weight is 219 g/mol. The van der Waals surface area contributed by atoms with E-state index in [1.807, 2.05) is 0 Å². The number of benzene rings is 1. The van der Waals surface area contributed by atoms with Gasteiger partial charge in [-0.15, -0.1) is 0 Å². The molecule has 4 nitrogen and oxygen atoms in total. The summed E-state index contributed by atoms with van der Waals surface area (Å²) in [7, 11) is 0. The van der Waals surface area contributed by atoms with E-state index in [9.17, 15) is 4.39 Å². The van der Waals surface area contributed by atoms with E-state index >= 15 is 0 Å². The molecule has 0 unspecified atom stereocenters. The van der Waals surface area contributed by atoms with Crippen molar-refractivity contribution in [1.82, 2.24) is 9.97 Å². The number of halogens is 1. The molecule has 2 aromatic rings. The van der Waals surface area contributed by atoms with E-state index in [4.69, 9.17) is 10.5 Å². The van der Waals surface area contributed by atoms with Crippen molar-refractivity contribution in [3.63, 3.8) is 0 Å². The number of nitrogens with two attached hydrogens (primary N) is 1. The Bertz CT molecular complexity index is 499. The second-order valence-electron chi connectivity index (χ2n) is 3.29. The number of nitrogens with zero attached hydrogens (tertiary/aromatic N) is 2. The lowest BCUT2D eigenvalue weighted by molar-refractivity contribution is 0.455. The van der Waals surface area contributed by atoms with Gasteiger partial charge in [0.25, 0.3) is 0 Å². The number of nitrogen functional groups attached to an aromatic ring is 1. The molecule has 0 spiro atoms. The molecule has 0 aliphatic heterocycles. The van der Waals surface area contributed by atoms with E-state index in [1.54, 1.807) is 13.0 Å². The second-order valence-corrected chi connectivity index (χ2v) is 3.29. The topological polar surface area (TPSA) is 61.0 Å². The van der Waals surface area contributed by atoms with Crippen LogP contribution in [-0.4, -0.2) is 9.97 Å². The van der Waals surface area contributed by atoms with Gasteiger partial charge >= 0.3 is 0 Å². The van der Waals surface area contributed by atoms with E-state index in [0.29, 0.717) is 23.0 Å². The number of aromatic nitrogens is 2. The quantitative estimate of drug-likeness (QED) is 0.841. The minimum atomic E-state index is -0.298. The van der Waals surface area contributed by atoms with Gasteiger partial charge in [-0.1, -0.05) is 0 Å². The summed E-state index contributed by atoms with van der Waals surface area (Å²) in [6.07, 6.45) is 2.81. The summed E-state index contributed by atoms with van der Waals surface area (Å²) in [6, 6.07) is 4.26. The molecular weight excluding hydrogens is 209 g/mol. The molecule has 0 bridgehead atoms. The van der Waals surface area contributed by atoms with Gasteiger partial charge in [0.1, 0.15) is 17.4 Å². The van der Waals surface area contributed by atoms with Crippen LogP contribution in [0.1, 0.15) is 5.56 Å². The number of hydrogen-bond donors (Lipinski definition) is 1. The highest BCUT2D eigenvalue weighted by Gasteiger charge is 2.03. The zero-order chi connectivity index (χ0) is 11.5. The van der Waals surface area contributed by atoms with Gasteiger partial charge in [-0.05, 0) is 30.7 Å². The molecule has 0 fully saturated rings. The van der Waals surface area contributed by atoms with Crippen molar-refractivity contribution >= 4 is 5.82 Å². The molecule has 0 amide bonds. The van der Waals surface area contributed by atoms with Gasteiger partial charge in [-0.25, -0.2) is 14.4 Å². The minimum absolute atomic E-state index is 0.298. The molecule has 1 aromatic heterocycles. The molecule has 0 radical (unpaired) electrons. The van der Waals surface area contributed by atoms with Crippen LogP contribution in [0.3, 0.4) is 0 Å². The number of hydrogen-bond acceptors (Lipinski definition) is 4. The number of rotatable bonds is 2. The fraction of sp³-hybridized carbons (Fsp3) is 0.0909. The summed E-state index contributed by atoms with van der Waals surface area (Å²) in [5.41, 5.74) is 6.08. The molecule has 0 aliphatic rings. The highest BCUT2D eigenvalue weighted by Crippen LogP contribution is 2.23. The lowest BCUT2D eigenvalue weighted by atomic mass is 10.2. The van der Waals surface area contributed by atoms with Gasteiger partial charge in [-0.2, -0.15) is 0 Å². The van der Waals surface area contributed by atoms with Crippen LogP contribution in [0, 0.1) is 12.7 Å². The van der Waals surface area contributed by atoms with Crippen molar-refractivity contribution in [2.75, 3.05) is 5.73 Å². The fourth-order valence-corrected chi connectivity index (χ4v) is 1.22. The summed E-state index contributed by atoms with van der Waals surface area (Å²) in [6.45, 7) is 1.75. The minimum Gasteiger partial charge on any atom is -0.437 e. The smallest absolute Gasteiger partial charge is 0.237 e. The zero-order valence-electron chi connectivity index (χ0n) is 8.64. The van der Waals surface area contributed by atoms with Crippen molar-refractivity contribution in [2.45, 2.75) is 6.92 Å². The number of ether oxygens (including phenoxy) is 1. The Morgan fingerprint density at radius 1 is 1.25 bits per heavy atom. The Morgan fingerprint density at radius 3 is 2.69 bits per heavy atom. The molecule has 0 atom stereocenters. The lowest BCUT2D eigenvalue weighted by Crippen LogP contribution is -1.94. The van der Waals surface area contributed by atoms with Crippen molar-refractivity contribution in [1.29, 1.82) is 0 Å². The maximum atomic E-state index is 12.8. The van der Waals surface area contributed by atoms with Crippen LogP contribution in [0.5, 0.6) is 11.6 Å². The Hall–Kier alpha value is -2.17. The molecule has 5 heteroatoms. The van der Waals surface area contributed by atoms with Crippen molar-refractivity contribution in [3.05, 3.63) is 42.0 Å². The molecule has 0 aliphatic carbocycles. The molecule has 1 heterocycles. The first-order valence-electron chi connectivity index (χ1n) is 4.66. The Kier molecular flexibility index (Phi) is 2.68. The Morgan fingerprint density at radius 2 is 2.06 bits per heavy atom. The van der Waals surface area contributed by atoms with E-state index < -0.39 is 0 Å². The van der Waals surface area contributed by atoms with Gasteiger partial charge in [0, 0.05) is 0 Å². The van der Waals surface area contributed by atoms with Crippen LogP contribution >= 0.6 is 0 Å². The van der Waals surface area contributed by atoms with Crippen molar-refractivity contribution < 1.29 is 9.13 Å².